The summed E-state index contributed by atoms with van der Waals surface area (Å²) in [7, 11) is -7.58. The van der Waals surface area contributed by atoms with Crippen LogP contribution < -0.4 is 10.0 Å². The molecule has 146 valence electrons. The van der Waals surface area contributed by atoms with Crippen molar-refractivity contribution in [2.45, 2.75) is 16.3 Å². The van der Waals surface area contributed by atoms with E-state index in [0.717, 1.165) is 37.5 Å². The Labute approximate surface area is 159 Å². The molecule has 0 bridgehead atoms. The van der Waals surface area contributed by atoms with Crippen molar-refractivity contribution in [1.82, 2.24) is 9.88 Å². The molecule has 8 nitrogen and oxygen atoms in total. The van der Waals surface area contributed by atoms with Crippen molar-refractivity contribution in [3.8, 4) is 0 Å². The maximum Gasteiger partial charge on any atom is 0.238 e. The molecule has 0 amide bonds. The minimum Gasteiger partial charge on any atom is -0.368 e. The highest BCUT2D eigenvalue weighted by Crippen LogP contribution is 2.29. The quantitative estimate of drug-likeness (QED) is 0.761. The molecular weight excluding hydrogens is 388 g/mol. The summed E-state index contributed by atoms with van der Waals surface area (Å²) in [5, 5.41) is 5.14. The number of nitrogens with two attached hydrogens (primary N) is 1. The van der Waals surface area contributed by atoms with E-state index in [4.69, 9.17) is 5.14 Å². The summed E-state index contributed by atoms with van der Waals surface area (Å²) in [6.07, 6.45) is 4.64. The summed E-state index contributed by atoms with van der Waals surface area (Å²) < 4.78 is 47.6. The van der Waals surface area contributed by atoms with Crippen molar-refractivity contribution in [3.63, 3.8) is 0 Å². The lowest BCUT2D eigenvalue weighted by atomic mass is 10.2. The van der Waals surface area contributed by atoms with Crippen LogP contribution in [-0.2, 0) is 26.4 Å². The van der Waals surface area contributed by atoms with Gasteiger partial charge in [0.1, 0.15) is 0 Å². The van der Waals surface area contributed by atoms with Crippen molar-refractivity contribution >= 4 is 25.5 Å². The van der Waals surface area contributed by atoms with E-state index >= 15 is 0 Å². The van der Waals surface area contributed by atoms with Gasteiger partial charge in [0, 0.05) is 51.4 Å². The van der Waals surface area contributed by atoms with Gasteiger partial charge in [-0.15, -0.1) is 0 Å². The Bertz CT molecular complexity index is 1020. The average molecular weight is 411 g/mol. The SMILES string of the molecule is CS(=O)(=O)c1cc(S(N)(=O)=O)ccc1N1CCN(Cc2cccnc2)CC1. The number of primary sulfonamides is 1. The summed E-state index contributed by atoms with van der Waals surface area (Å²) in [4.78, 5) is 8.12. The van der Waals surface area contributed by atoms with E-state index in [1.807, 2.05) is 23.2 Å². The second-order valence-corrected chi connectivity index (χ2v) is 10.1. The van der Waals surface area contributed by atoms with Crippen LogP contribution in [0.25, 0.3) is 0 Å². The first kappa shape index (κ1) is 19.7. The molecule has 1 aromatic carbocycles. The standard InChI is InChI=1S/C17H22N4O4S2/c1-26(22,23)17-11-15(27(18,24)25)4-5-16(17)21-9-7-20(8-10-21)13-14-3-2-6-19-12-14/h2-6,11-12H,7-10,13H2,1H3,(H2,18,24,25). The van der Waals surface area contributed by atoms with Crippen molar-refractivity contribution < 1.29 is 16.8 Å². The monoisotopic (exact) mass is 410 g/mol. The highest BCUT2D eigenvalue weighted by Gasteiger charge is 2.24. The van der Waals surface area contributed by atoms with Crippen LogP contribution in [0.3, 0.4) is 0 Å². The second-order valence-electron chi connectivity index (χ2n) is 6.57. The smallest absolute Gasteiger partial charge is 0.238 e. The van der Waals surface area contributed by atoms with Crippen molar-refractivity contribution in [1.29, 1.82) is 0 Å². The number of rotatable bonds is 5. The molecule has 2 aromatic rings. The van der Waals surface area contributed by atoms with E-state index in [0.29, 0.717) is 18.8 Å². The molecule has 27 heavy (non-hydrogen) atoms. The molecule has 0 saturated carbocycles. The van der Waals surface area contributed by atoms with E-state index in [1.54, 1.807) is 6.20 Å². The first-order valence-corrected chi connectivity index (χ1v) is 11.8. The van der Waals surface area contributed by atoms with Gasteiger partial charge in [-0.2, -0.15) is 0 Å². The van der Waals surface area contributed by atoms with Gasteiger partial charge < -0.3 is 4.90 Å². The molecule has 2 N–H and O–H groups in total. The molecule has 3 rings (SSSR count). The summed E-state index contributed by atoms with van der Waals surface area (Å²) in [5.41, 5.74) is 1.63. The lowest BCUT2D eigenvalue weighted by molar-refractivity contribution is 0.249. The van der Waals surface area contributed by atoms with E-state index in [9.17, 15) is 16.8 Å². The molecule has 2 heterocycles. The summed E-state index contributed by atoms with van der Waals surface area (Å²) in [6.45, 7) is 3.57. The van der Waals surface area contributed by atoms with Crippen LogP contribution in [0, 0.1) is 0 Å². The van der Waals surface area contributed by atoms with E-state index in [-0.39, 0.29) is 9.79 Å². The molecule has 1 aliphatic rings. The van der Waals surface area contributed by atoms with Gasteiger partial charge in [0.05, 0.1) is 15.5 Å². The molecule has 0 spiro atoms. The normalized spacial score (nSPS) is 16.4. The summed E-state index contributed by atoms with van der Waals surface area (Å²) in [5.74, 6) is 0. The van der Waals surface area contributed by atoms with Gasteiger partial charge in [-0.25, -0.2) is 22.0 Å². The minimum absolute atomic E-state index is 0.0188. The number of hydrogen-bond acceptors (Lipinski definition) is 7. The molecule has 1 aromatic heterocycles. The fourth-order valence-corrected chi connectivity index (χ4v) is 4.66. The van der Waals surface area contributed by atoms with Crippen LogP contribution in [0.5, 0.6) is 0 Å². The molecule has 0 aliphatic carbocycles. The van der Waals surface area contributed by atoms with Crippen LogP contribution in [0.4, 0.5) is 5.69 Å². The first-order valence-electron chi connectivity index (χ1n) is 8.38. The zero-order valence-electron chi connectivity index (χ0n) is 14.9. The number of benzene rings is 1. The van der Waals surface area contributed by atoms with Crippen LogP contribution >= 0.6 is 0 Å². The number of aromatic nitrogens is 1. The lowest BCUT2D eigenvalue weighted by Crippen LogP contribution is -2.46. The summed E-state index contributed by atoms with van der Waals surface area (Å²) in [6, 6.07) is 7.93. The third kappa shape index (κ3) is 4.83. The Balaban J connectivity index is 1.79. The molecule has 0 radical (unpaired) electrons. The molecule has 1 fully saturated rings. The van der Waals surface area contributed by atoms with Gasteiger partial charge in [0.2, 0.25) is 10.0 Å². The van der Waals surface area contributed by atoms with Crippen molar-refractivity contribution in [2.75, 3.05) is 37.3 Å². The average Bonchev–Trinajstić information content (AvgIpc) is 2.61. The predicted molar refractivity (Wildman–Crippen MR) is 103 cm³/mol. The lowest BCUT2D eigenvalue weighted by Gasteiger charge is -2.36. The Morgan fingerprint density at radius 2 is 1.78 bits per heavy atom. The number of hydrogen-bond donors (Lipinski definition) is 1. The predicted octanol–water partition coefficient (Wildman–Crippen LogP) is 0.455. The molecular formula is C17H22N4O4S2. The number of anilines is 1. The molecule has 10 heteroatoms. The second kappa shape index (κ2) is 7.55. The Morgan fingerprint density at radius 1 is 1.07 bits per heavy atom. The summed E-state index contributed by atoms with van der Waals surface area (Å²) >= 11 is 0. The third-order valence-electron chi connectivity index (χ3n) is 4.50. The topological polar surface area (TPSA) is 114 Å². The zero-order chi connectivity index (χ0) is 19.7. The number of sulfonamides is 1. The van der Waals surface area contributed by atoms with Crippen molar-refractivity contribution in [2.24, 2.45) is 5.14 Å². The Morgan fingerprint density at radius 3 is 2.33 bits per heavy atom. The maximum absolute atomic E-state index is 12.2. The minimum atomic E-state index is -3.97. The number of piperazine rings is 1. The maximum atomic E-state index is 12.2. The highest BCUT2D eigenvalue weighted by atomic mass is 32.2. The zero-order valence-corrected chi connectivity index (χ0v) is 16.6. The number of pyridine rings is 1. The Kier molecular flexibility index (Phi) is 5.52. The first-order chi connectivity index (χ1) is 12.6. The fourth-order valence-electron chi connectivity index (χ4n) is 3.13. The van der Waals surface area contributed by atoms with Crippen LogP contribution in [-0.4, -0.2) is 59.2 Å². The number of sulfone groups is 1. The molecule has 1 saturated heterocycles. The van der Waals surface area contributed by atoms with Crippen LogP contribution in [0.15, 0.2) is 52.5 Å². The van der Waals surface area contributed by atoms with Crippen LogP contribution in [0.2, 0.25) is 0 Å². The Hall–Kier alpha value is -2.01. The third-order valence-corrected chi connectivity index (χ3v) is 6.54. The van der Waals surface area contributed by atoms with Gasteiger partial charge in [0.15, 0.2) is 9.84 Å². The van der Waals surface area contributed by atoms with Gasteiger partial charge in [-0.3, -0.25) is 9.88 Å². The largest absolute Gasteiger partial charge is 0.368 e. The van der Waals surface area contributed by atoms with Gasteiger partial charge >= 0.3 is 0 Å². The van der Waals surface area contributed by atoms with Crippen molar-refractivity contribution in [3.05, 3.63) is 48.3 Å². The fraction of sp³-hybridized carbons (Fsp3) is 0.353. The van der Waals surface area contributed by atoms with Gasteiger partial charge in [-0.1, -0.05) is 6.07 Å². The molecule has 0 unspecified atom stereocenters. The highest BCUT2D eigenvalue weighted by molar-refractivity contribution is 7.91. The molecule has 0 atom stereocenters. The van der Waals surface area contributed by atoms with E-state index < -0.39 is 19.9 Å². The van der Waals surface area contributed by atoms with E-state index in [2.05, 4.69) is 9.88 Å². The molecule has 1 aliphatic heterocycles. The van der Waals surface area contributed by atoms with Gasteiger partial charge in [-0.05, 0) is 29.8 Å². The van der Waals surface area contributed by atoms with Gasteiger partial charge in [0.25, 0.3) is 0 Å². The van der Waals surface area contributed by atoms with E-state index in [1.165, 1.54) is 12.1 Å². The number of nitrogens with zero attached hydrogens (tertiary/aromatic N) is 3. The van der Waals surface area contributed by atoms with Crippen LogP contribution in [0.1, 0.15) is 5.56 Å².